The van der Waals surface area contributed by atoms with Gasteiger partial charge in [-0.2, -0.15) is 13.2 Å². The third-order valence-corrected chi connectivity index (χ3v) is 2.02. The first-order chi connectivity index (χ1) is 8.04. The van der Waals surface area contributed by atoms with Gasteiger partial charge in [-0.05, 0) is 19.0 Å². The van der Waals surface area contributed by atoms with E-state index in [9.17, 15) is 13.2 Å². The Morgan fingerprint density at radius 2 is 2.06 bits per heavy atom. The summed E-state index contributed by atoms with van der Waals surface area (Å²) in [4.78, 5) is 3.59. The number of pyridine rings is 1. The van der Waals surface area contributed by atoms with Crippen molar-refractivity contribution >= 4 is 0 Å². The average molecular weight is 248 g/mol. The van der Waals surface area contributed by atoms with Gasteiger partial charge in [0.25, 0.3) is 0 Å². The van der Waals surface area contributed by atoms with Crippen LogP contribution in [0.5, 0.6) is 5.88 Å². The van der Waals surface area contributed by atoms with Crippen molar-refractivity contribution in [3.8, 4) is 5.88 Å². The number of hydrogen-bond donors (Lipinski definition) is 1. The number of nitrogens with one attached hydrogen (secondary N) is 1. The van der Waals surface area contributed by atoms with Gasteiger partial charge < -0.3 is 10.1 Å². The molecule has 17 heavy (non-hydrogen) atoms. The Balaban J connectivity index is 2.36. The molecule has 0 fully saturated rings. The van der Waals surface area contributed by atoms with Crippen LogP contribution in [0, 0.1) is 0 Å². The zero-order chi connectivity index (χ0) is 12.7. The molecule has 0 unspecified atom stereocenters. The van der Waals surface area contributed by atoms with E-state index in [1.54, 1.807) is 0 Å². The lowest BCUT2D eigenvalue weighted by Gasteiger charge is -2.08. The number of hydrogen-bond acceptors (Lipinski definition) is 3. The topological polar surface area (TPSA) is 34.1 Å². The Bertz CT molecular complexity index is 324. The summed E-state index contributed by atoms with van der Waals surface area (Å²) in [5, 5.41) is 3.11. The molecule has 0 aliphatic heterocycles. The highest BCUT2D eigenvalue weighted by molar-refractivity contribution is 5.20. The van der Waals surface area contributed by atoms with Gasteiger partial charge in [0, 0.05) is 18.8 Å². The molecule has 3 nitrogen and oxygen atoms in total. The van der Waals surface area contributed by atoms with Crippen LogP contribution in [0.4, 0.5) is 13.2 Å². The third-order valence-electron chi connectivity index (χ3n) is 2.02. The van der Waals surface area contributed by atoms with Crippen molar-refractivity contribution < 1.29 is 17.9 Å². The second kappa shape index (κ2) is 6.44. The van der Waals surface area contributed by atoms with Crippen molar-refractivity contribution in [2.75, 3.05) is 19.7 Å². The first-order valence-corrected chi connectivity index (χ1v) is 5.41. The number of alkyl halides is 3. The largest absolute Gasteiger partial charge is 0.476 e. The number of ether oxygens (including phenoxy) is 1. The average Bonchev–Trinajstić information content (AvgIpc) is 2.28. The zero-order valence-electron chi connectivity index (χ0n) is 9.55. The predicted octanol–water partition coefficient (Wildman–Crippen LogP) is 2.48. The van der Waals surface area contributed by atoms with E-state index in [0.29, 0.717) is 13.2 Å². The van der Waals surface area contributed by atoms with Gasteiger partial charge in [0.15, 0.2) is 0 Å². The summed E-state index contributed by atoms with van der Waals surface area (Å²) in [6.07, 6.45) is -2.55. The summed E-state index contributed by atoms with van der Waals surface area (Å²) in [6, 6.07) is 2.18. The van der Waals surface area contributed by atoms with Gasteiger partial charge in [-0.15, -0.1) is 0 Å². The lowest BCUT2D eigenvalue weighted by atomic mass is 10.3. The molecule has 0 saturated carbocycles. The number of aromatic nitrogens is 1. The van der Waals surface area contributed by atoms with Crippen LogP contribution >= 0.6 is 0 Å². The van der Waals surface area contributed by atoms with E-state index in [4.69, 9.17) is 4.74 Å². The first-order valence-electron chi connectivity index (χ1n) is 5.41. The summed E-state index contributed by atoms with van der Waals surface area (Å²) in [5.41, 5.74) is -0.769. The quantitative estimate of drug-likeness (QED) is 0.785. The molecule has 0 spiro atoms. The Morgan fingerprint density at radius 1 is 1.29 bits per heavy atom. The smallest absolute Gasteiger partial charge is 0.417 e. The molecule has 0 radical (unpaired) electrons. The lowest BCUT2D eigenvalue weighted by Crippen LogP contribution is -2.21. The Labute approximate surface area is 98.0 Å². The Morgan fingerprint density at radius 3 is 2.59 bits per heavy atom. The SMILES string of the molecule is CCCNCCOc1ccc(C(F)(F)F)cn1. The van der Waals surface area contributed by atoms with Crippen molar-refractivity contribution in [2.45, 2.75) is 19.5 Å². The molecule has 0 saturated heterocycles. The van der Waals surface area contributed by atoms with Crippen molar-refractivity contribution in [3.05, 3.63) is 23.9 Å². The maximum Gasteiger partial charge on any atom is 0.417 e. The molecule has 0 atom stereocenters. The molecule has 0 aliphatic rings. The highest BCUT2D eigenvalue weighted by atomic mass is 19.4. The Hall–Kier alpha value is -1.30. The molecule has 1 heterocycles. The second-order valence-corrected chi connectivity index (χ2v) is 3.48. The number of rotatable bonds is 6. The highest BCUT2D eigenvalue weighted by Gasteiger charge is 2.30. The van der Waals surface area contributed by atoms with E-state index in [2.05, 4.69) is 10.3 Å². The van der Waals surface area contributed by atoms with E-state index in [0.717, 1.165) is 25.2 Å². The summed E-state index contributed by atoms with van der Waals surface area (Å²) in [6.45, 7) is 3.98. The molecule has 1 aromatic heterocycles. The minimum Gasteiger partial charge on any atom is -0.476 e. The summed E-state index contributed by atoms with van der Waals surface area (Å²) in [7, 11) is 0. The van der Waals surface area contributed by atoms with Crippen LogP contribution < -0.4 is 10.1 Å². The molecule has 96 valence electrons. The van der Waals surface area contributed by atoms with E-state index < -0.39 is 11.7 Å². The van der Waals surface area contributed by atoms with Crippen LogP contribution in [0.25, 0.3) is 0 Å². The van der Waals surface area contributed by atoms with Gasteiger partial charge in [-0.3, -0.25) is 0 Å². The minimum absolute atomic E-state index is 0.205. The zero-order valence-corrected chi connectivity index (χ0v) is 9.55. The lowest BCUT2D eigenvalue weighted by molar-refractivity contribution is -0.137. The maximum absolute atomic E-state index is 12.2. The van der Waals surface area contributed by atoms with Crippen molar-refractivity contribution in [2.24, 2.45) is 0 Å². The number of nitrogens with zero attached hydrogens (tertiary/aromatic N) is 1. The molecule has 0 bridgehead atoms. The van der Waals surface area contributed by atoms with Crippen LogP contribution in [0.15, 0.2) is 18.3 Å². The van der Waals surface area contributed by atoms with E-state index in [1.807, 2.05) is 6.92 Å². The van der Waals surface area contributed by atoms with Crippen molar-refractivity contribution in [1.82, 2.24) is 10.3 Å². The summed E-state index contributed by atoms with van der Waals surface area (Å²) >= 11 is 0. The fourth-order valence-electron chi connectivity index (χ4n) is 1.16. The second-order valence-electron chi connectivity index (χ2n) is 3.48. The van der Waals surface area contributed by atoms with Gasteiger partial charge >= 0.3 is 6.18 Å². The molecular weight excluding hydrogens is 233 g/mol. The van der Waals surface area contributed by atoms with E-state index in [-0.39, 0.29) is 5.88 Å². The Kier molecular flexibility index (Phi) is 5.21. The molecule has 1 aromatic rings. The predicted molar refractivity (Wildman–Crippen MR) is 57.9 cm³/mol. The normalized spacial score (nSPS) is 11.5. The monoisotopic (exact) mass is 248 g/mol. The number of halogens is 3. The molecule has 6 heteroatoms. The van der Waals surface area contributed by atoms with Gasteiger partial charge in [0.2, 0.25) is 5.88 Å². The van der Waals surface area contributed by atoms with Gasteiger partial charge in [-0.1, -0.05) is 6.92 Å². The molecule has 0 aromatic carbocycles. The summed E-state index contributed by atoms with van der Waals surface area (Å²) in [5.74, 6) is 0.205. The van der Waals surface area contributed by atoms with Crippen molar-refractivity contribution in [1.29, 1.82) is 0 Å². The van der Waals surface area contributed by atoms with Crippen LogP contribution in [0.1, 0.15) is 18.9 Å². The fraction of sp³-hybridized carbons (Fsp3) is 0.545. The molecule has 1 rings (SSSR count). The summed E-state index contributed by atoms with van der Waals surface area (Å²) < 4.78 is 41.8. The highest BCUT2D eigenvalue weighted by Crippen LogP contribution is 2.29. The third kappa shape index (κ3) is 5.04. The van der Waals surface area contributed by atoms with E-state index in [1.165, 1.54) is 6.07 Å². The van der Waals surface area contributed by atoms with Crippen LogP contribution in [-0.2, 0) is 6.18 Å². The molecular formula is C11H15F3N2O. The standard InChI is InChI=1S/C11H15F3N2O/c1-2-5-15-6-7-17-10-4-3-9(8-16-10)11(12,13)14/h3-4,8,15H,2,5-7H2,1H3. The molecule has 0 amide bonds. The molecule has 1 N–H and O–H groups in total. The van der Waals surface area contributed by atoms with Gasteiger partial charge in [0.05, 0.1) is 5.56 Å². The van der Waals surface area contributed by atoms with Gasteiger partial charge in [-0.25, -0.2) is 4.98 Å². The van der Waals surface area contributed by atoms with Gasteiger partial charge in [0.1, 0.15) is 6.61 Å². The van der Waals surface area contributed by atoms with Crippen LogP contribution in [0.2, 0.25) is 0 Å². The fourth-order valence-corrected chi connectivity index (χ4v) is 1.16. The van der Waals surface area contributed by atoms with Crippen LogP contribution in [0.3, 0.4) is 0 Å². The minimum atomic E-state index is -4.35. The molecule has 0 aliphatic carbocycles. The van der Waals surface area contributed by atoms with Crippen molar-refractivity contribution in [3.63, 3.8) is 0 Å². The first kappa shape index (κ1) is 13.8. The van der Waals surface area contributed by atoms with E-state index >= 15 is 0 Å². The maximum atomic E-state index is 12.2. The van der Waals surface area contributed by atoms with Crippen LogP contribution in [-0.4, -0.2) is 24.7 Å².